The van der Waals surface area contributed by atoms with E-state index in [4.69, 9.17) is 16.3 Å². The molecule has 2 aliphatic heterocycles. The molecule has 2 aliphatic rings. The van der Waals surface area contributed by atoms with Crippen LogP contribution in [0.4, 0.5) is 0 Å². The minimum absolute atomic E-state index is 0.0918. The number of nitrogens with zero attached hydrogens (tertiary/aromatic N) is 2. The van der Waals surface area contributed by atoms with Gasteiger partial charge in [0.15, 0.2) is 0 Å². The molecule has 2 aromatic carbocycles. The molecule has 2 fully saturated rings. The summed E-state index contributed by atoms with van der Waals surface area (Å²) in [4.78, 5) is 18.6. The molecule has 2 saturated heterocycles. The van der Waals surface area contributed by atoms with Gasteiger partial charge >= 0.3 is 0 Å². The molecule has 162 valence electrons. The van der Waals surface area contributed by atoms with Gasteiger partial charge in [-0.25, -0.2) is 4.98 Å². The number of piperidine rings is 1. The molecule has 31 heavy (non-hydrogen) atoms. The molecule has 1 amide bonds. The number of benzene rings is 2. The van der Waals surface area contributed by atoms with Gasteiger partial charge in [-0.05, 0) is 61.9 Å². The van der Waals surface area contributed by atoms with Crippen LogP contribution in [0.2, 0.25) is 5.02 Å². The lowest BCUT2D eigenvalue weighted by atomic mass is 9.96. The quantitative estimate of drug-likeness (QED) is 0.539. The van der Waals surface area contributed by atoms with Crippen LogP contribution < -0.4 is 10.1 Å². The maximum absolute atomic E-state index is 11.4. The Kier molecular flexibility index (Phi) is 5.87. The van der Waals surface area contributed by atoms with Crippen molar-refractivity contribution in [3.05, 3.63) is 53.1 Å². The molecule has 2 atom stereocenters. The highest BCUT2D eigenvalue weighted by Crippen LogP contribution is 2.37. The highest BCUT2D eigenvalue weighted by atomic mass is 35.5. The normalized spacial score (nSPS) is 23.2. The summed E-state index contributed by atoms with van der Waals surface area (Å²) in [5, 5.41) is 4.43. The van der Waals surface area contributed by atoms with Gasteiger partial charge in [-0.15, -0.1) is 0 Å². The molecule has 3 aromatic rings. The van der Waals surface area contributed by atoms with Gasteiger partial charge in [-0.1, -0.05) is 41.1 Å². The molecule has 0 spiro atoms. The number of fused-ring (bicyclic) bond motifs is 3. The van der Waals surface area contributed by atoms with E-state index in [-0.39, 0.29) is 5.91 Å². The van der Waals surface area contributed by atoms with Crippen molar-refractivity contribution in [3.63, 3.8) is 0 Å². The summed E-state index contributed by atoms with van der Waals surface area (Å²) in [5.41, 5.74) is 2.17. The molecule has 5 rings (SSSR count). The van der Waals surface area contributed by atoms with Crippen molar-refractivity contribution in [1.29, 1.82) is 0 Å². The molecule has 1 N–H and O–H groups in total. The lowest BCUT2D eigenvalue weighted by Crippen LogP contribution is -2.50. The van der Waals surface area contributed by atoms with Crippen LogP contribution in [0.5, 0.6) is 10.9 Å². The molecule has 7 heteroatoms. The van der Waals surface area contributed by atoms with Gasteiger partial charge in [-0.2, -0.15) is 0 Å². The van der Waals surface area contributed by atoms with Crippen LogP contribution in [0.15, 0.2) is 42.5 Å². The summed E-state index contributed by atoms with van der Waals surface area (Å²) in [6.07, 6.45) is 5.68. The number of halogens is 1. The van der Waals surface area contributed by atoms with E-state index >= 15 is 0 Å². The molecule has 5 nitrogen and oxygen atoms in total. The third kappa shape index (κ3) is 4.56. The monoisotopic (exact) mass is 455 g/mol. The van der Waals surface area contributed by atoms with E-state index in [0.29, 0.717) is 28.3 Å². The average molecular weight is 456 g/mol. The van der Waals surface area contributed by atoms with E-state index in [1.165, 1.54) is 29.7 Å². The van der Waals surface area contributed by atoms with E-state index in [1.807, 2.05) is 30.3 Å². The highest BCUT2D eigenvalue weighted by molar-refractivity contribution is 7.20. The van der Waals surface area contributed by atoms with Crippen LogP contribution in [0.3, 0.4) is 0 Å². The number of carbonyl (C=O) groups excluding carboxylic acids is 1. The zero-order chi connectivity index (χ0) is 21.4. The number of ether oxygens (including phenoxy) is 1. The zero-order valence-electron chi connectivity index (χ0n) is 17.5. The molecular formula is C24H26ClN3O2S. The molecular weight excluding hydrogens is 430 g/mol. The number of carbonyl (C=O) groups is 1. The Morgan fingerprint density at radius 3 is 2.61 bits per heavy atom. The van der Waals surface area contributed by atoms with Gasteiger partial charge in [-0.3, -0.25) is 9.69 Å². The van der Waals surface area contributed by atoms with Gasteiger partial charge in [0.25, 0.3) is 5.19 Å². The fraction of sp³-hybridized carbons (Fsp3) is 0.417. The first-order valence-corrected chi connectivity index (χ1v) is 12.1. The van der Waals surface area contributed by atoms with Crippen LogP contribution in [0.25, 0.3) is 10.2 Å². The highest BCUT2D eigenvalue weighted by Gasteiger charge is 2.40. The second-order valence-electron chi connectivity index (χ2n) is 8.56. The fourth-order valence-corrected chi connectivity index (χ4v) is 6.19. The average Bonchev–Trinajstić information content (AvgIpc) is 3.25. The van der Waals surface area contributed by atoms with Crippen molar-refractivity contribution in [2.75, 3.05) is 6.54 Å². The number of aromatic nitrogens is 1. The first-order valence-electron chi connectivity index (χ1n) is 10.9. The van der Waals surface area contributed by atoms with E-state index < -0.39 is 0 Å². The smallest absolute Gasteiger partial charge is 0.279 e. The Bertz CT molecular complexity index is 1070. The van der Waals surface area contributed by atoms with Crippen molar-refractivity contribution in [2.24, 2.45) is 0 Å². The minimum Gasteiger partial charge on any atom is -0.431 e. The van der Waals surface area contributed by atoms with Crippen LogP contribution in [0, 0.1) is 0 Å². The maximum Gasteiger partial charge on any atom is 0.279 e. The van der Waals surface area contributed by atoms with Crippen LogP contribution in [-0.2, 0) is 11.2 Å². The Morgan fingerprint density at radius 1 is 1.19 bits per heavy atom. The first-order chi connectivity index (χ1) is 15.0. The summed E-state index contributed by atoms with van der Waals surface area (Å²) in [5.74, 6) is 0.879. The van der Waals surface area contributed by atoms with Gasteiger partial charge in [0, 0.05) is 31.6 Å². The molecule has 3 heterocycles. The third-order valence-corrected chi connectivity index (χ3v) is 7.84. The van der Waals surface area contributed by atoms with Gasteiger partial charge < -0.3 is 10.1 Å². The Hall–Kier alpha value is -2.15. The Labute approximate surface area is 191 Å². The number of thiazole rings is 1. The number of hydrogen-bond acceptors (Lipinski definition) is 5. The zero-order valence-corrected chi connectivity index (χ0v) is 19.1. The topological polar surface area (TPSA) is 54.5 Å². The molecule has 0 aliphatic carbocycles. The van der Waals surface area contributed by atoms with Crippen LogP contribution in [0.1, 0.15) is 38.2 Å². The number of amides is 1. The molecule has 1 aromatic heterocycles. The maximum atomic E-state index is 11.4. The number of hydrogen-bond donors (Lipinski definition) is 1. The van der Waals surface area contributed by atoms with E-state index in [2.05, 4.69) is 27.3 Å². The summed E-state index contributed by atoms with van der Waals surface area (Å²) in [6.45, 7) is 2.69. The van der Waals surface area contributed by atoms with E-state index in [1.54, 1.807) is 6.92 Å². The van der Waals surface area contributed by atoms with Crippen molar-refractivity contribution >= 4 is 39.1 Å². The van der Waals surface area contributed by atoms with Crippen molar-refractivity contribution < 1.29 is 9.53 Å². The summed E-state index contributed by atoms with van der Waals surface area (Å²) in [7, 11) is 0. The molecule has 2 bridgehead atoms. The lowest BCUT2D eigenvalue weighted by Gasteiger charge is -2.39. The van der Waals surface area contributed by atoms with Crippen LogP contribution >= 0.6 is 22.9 Å². The largest absolute Gasteiger partial charge is 0.431 e. The van der Waals surface area contributed by atoms with E-state index in [9.17, 15) is 4.79 Å². The minimum atomic E-state index is 0.0918. The Morgan fingerprint density at radius 2 is 1.94 bits per heavy atom. The van der Waals surface area contributed by atoms with Gasteiger partial charge in [0.1, 0.15) is 5.75 Å². The fourth-order valence-electron chi connectivity index (χ4n) is 5.07. The summed E-state index contributed by atoms with van der Waals surface area (Å²) in [6, 6.07) is 15.6. The molecule has 0 saturated carbocycles. The number of rotatable bonds is 6. The second-order valence-corrected chi connectivity index (χ2v) is 9.92. The van der Waals surface area contributed by atoms with Gasteiger partial charge in [0.2, 0.25) is 5.91 Å². The second kappa shape index (κ2) is 8.77. The Balaban J connectivity index is 1.17. The van der Waals surface area contributed by atoms with Crippen molar-refractivity contribution in [3.8, 4) is 10.9 Å². The number of nitrogens with one attached hydrogen (secondary N) is 1. The summed E-state index contributed by atoms with van der Waals surface area (Å²) >= 11 is 7.71. The predicted molar refractivity (Wildman–Crippen MR) is 125 cm³/mol. The lowest BCUT2D eigenvalue weighted by molar-refractivity contribution is -0.120. The third-order valence-electron chi connectivity index (χ3n) is 6.43. The SMILES string of the molecule is CC(=O)NC1CC2CCC(C1)N2CCc1ccc(Oc2nc3cccc(Cl)c3s2)cc1. The van der Waals surface area contributed by atoms with Crippen molar-refractivity contribution in [1.82, 2.24) is 15.2 Å². The molecule has 0 radical (unpaired) electrons. The predicted octanol–water partition coefficient (Wildman–Crippen LogP) is 5.42. The standard InChI is InChI=1S/C24H26ClN3O2S/c1-15(29)26-17-13-18-7-8-19(14-17)28(18)12-11-16-5-9-20(10-6-16)30-24-27-22-4-2-3-21(25)23(22)31-24/h2-6,9-10,17-19H,7-8,11-14H2,1H3,(H,26,29). The van der Waals surface area contributed by atoms with Crippen LogP contribution in [-0.4, -0.2) is 40.5 Å². The molecule has 2 unspecified atom stereocenters. The summed E-state index contributed by atoms with van der Waals surface area (Å²) < 4.78 is 6.91. The van der Waals surface area contributed by atoms with E-state index in [0.717, 1.165) is 41.8 Å². The van der Waals surface area contributed by atoms with Crippen molar-refractivity contribution in [2.45, 2.75) is 57.2 Å². The van der Waals surface area contributed by atoms with Gasteiger partial charge in [0.05, 0.1) is 15.2 Å². The first kappa shape index (κ1) is 20.7.